The van der Waals surface area contributed by atoms with Crippen molar-refractivity contribution in [3.05, 3.63) is 52.6 Å². The Bertz CT molecular complexity index is 528. The molecule has 1 unspecified atom stereocenters. The fourth-order valence-electron chi connectivity index (χ4n) is 1.98. The van der Waals surface area contributed by atoms with Gasteiger partial charge >= 0.3 is 0 Å². The third kappa shape index (κ3) is 2.36. The third-order valence-corrected chi connectivity index (χ3v) is 2.70. The molecule has 0 bridgehead atoms. The van der Waals surface area contributed by atoms with Gasteiger partial charge in [-0.1, -0.05) is 6.07 Å². The minimum Gasteiger partial charge on any atom is -0.382 e. The molecule has 0 saturated carbocycles. The molecule has 1 N–H and O–H groups in total. The van der Waals surface area contributed by atoms with Crippen LogP contribution in [0.25, 0.3) is 0 Å². The molecule has 0 aliphatic carbocycles. The summed E-state index contributed by atoms with van der Waals surface area (Å²) >= 11 is 0. The summed E-state index contributed by atoms with van der Waals surface area (Å²) in [4.78, 5) is 0. The number of aliphatic hydroxyl groups excluding tert-OH is 1. The first-order valence-corrected chi connectivity index (χ1v) is 5.43. The number of nitrogens with zero attached hydrogens (tertiary/aromatic N) is 2. The van der Waals surface area contributed by atoms with Crippen LogP contribution in [0.3, 0.4) is 0 Å². The Labute approximate surface area is 99.5 Å². The SMILES string of the molecule is Cc1cc(F)cc(C(O)c2cc(C)nn2C)c1. The van der Waals surface area contributed by atoms with Crippen molar-refractivity contribution in [2.75, 3.05) is 0 Å². The van der Waals surface area contributed by atoms with Crippen LogP contribution in [0.1, 0.15) is 28.6 Å². The van der Waals surface area contributed by atoms with E-state index in [1.807, 2.05) is 6.92 Å². The van der Waals surface area contributed by atoms with Crippen LogP contribution >= 0.6 is 0 Å². The van der Waals surface area contributed by atoms with Gasteiger partial charge in [-0.15, -0.1) is 0 Å². The Kier molecular flexibility index (Phi) is 2.98. The van der Waals surface area contributed by atoms with Crippen molar-refractivity contribution in [2.45, 2.75) is 20.0 Å². The zero-order valence-electron chi connectivity index (χ0n) is 10.1. The van der Waals surface area contributed by atoms with E-state index >= 15 is 0 Å². The second-order valence-electron chi connectivity index (χ2n) is 4.30. The average Bonchev–Trinajstić information content (AvgIpc) is 2.55. The Balaban J connectivity index is 2.43. The maximum Gasteiger partial charge on any atom is 0.123 e. The van der Waals surface area contributed by atoms with Gasteiger partial charge < -0.3 is 5.11 Å². The van der Waals surface area contributed by atoms with E-state index in [1.165, 1.54) is 12.1 Å². The molecule has 17 heavy (non-hydrogen) atoms. The summed E-state index contributed by atoms with van der Waals surface area (Å²) in [6, 6.07) is 6.35. The number of benzene rings is 1. The molecule has 1 aromatic heterocycles. The first kappa shape index (κ1) is 11.8. The Morgan fingerprint density at radius 2 is 1.94 bits per heavy atom. The van der Waals surface area contributed by atoms with Crippen molar-refractivity contribution in [2.24, 2.45) is 7.05 Å². The van der Waals surface area contributed by atoms with Gasteiger partial charge in [0.25, 0.3) is 0 Å². The monoisotopic (exact) mass is 234 g/mol. The first-order chi connectivity index (χ1) is 7.97. The molecule has 2 aromatic rings. The maximum absolute atomic E-state index is 13.3. The molecule has 0 fully saturated rings. The maximum atomic E-state index is 13.3. The molecule has 1 aromatic carbocycles. The van der Waals surface area contributed by atoms with Gasteiger partial charge in [0.2, 0.25) is 0 Å². The van der Waals surface area contributed by atoms with Crippen LogP contribution in [0.4, 0.5) is 4.39 Å². The molecular weight excluding hydrogens is 219 g/mol. The summed E-state index contributed by atoms with van der Waals surface area (Å²) < 4.78 is 14.9. The van der Waals surface area contributed by atoms with Gasteiger partial charge in [0.15, 0.2) is 0 Å². The number of aromatic nitrogens is 2. The standard InChI is InChI=1S/C13H15FN2O/c1-8-4-10(7-11(14)5-8)13(17)12-6-9(2)15-16(12)3/h4-7,13,17H,1-3H3. The van der Waals surface area contributed by atoms with E-state index in [0.29, 0.717) is 11.3 Å². The van der Waals surface area contributed by atoms with E-state index in [-0.39, 0.29) is 5.82 Å². The number of rotatable bonds is 2. The van der Waals surface area contributed by atoms with Crippen LogP contribution in [-0.2, 0) is 7.05 Å². The minimum atomic E-state index is -0.851. The molecule has 3 nitrogen and oxygen atoms in total. The van der Waals surface area contributed by atoms with Crippen molar-refractivity contribution < 1.29 is 9.50 Å². The average molecular weight is 234 g/mol. The van der Waals surface area contributed by atoms with Crippen molar-refractivity contribution in [1.82, 2.24) is 9.78 Å². The highest BCUT2D eigenvalue weighted by Crippen LogP contribution is 2.23. The summed E-state index contributed by atoms with van der Waals surface area (Å²) in [7, 11) is 1.76. The predicted molar refractivity (Wildman–Crippen MR) is 63.1 cm³/mol. The van der Waals surface area contributed by atoms with Gasteiger partial charge in [-0.25, -0.2) is 4.39 Å². The zero-order valence-corrected chi connectivity index (χ0v) is 10.1. The highest BCUT2D eigenvalue weighted by atomic mass is 19.1. The molecule has 0 radical (unpaired) electrons. The normalized spacial score (nSPS) is 12.8. The van der Waals surface area contributed by atoms with E-state index < -0.39 is 6.10 Å². The molecule has 90 valence electrons. The lowest BCUT2D eigenvalue weighted by Crippen LogP contribution is -2.07. The van der Waals surface area contributed by atoms with Gasteiger partial charge in [0.05, 0.1) is 11.4 Å². The Morgan fingerprint density at radius 3 is 2.47 bits per heavy atom. The first-order valence-electron chi connectivity index (χ1n) is 5.43. The smallest absolute Gasteiger partial charge is 0.123 e. The van der Waals surface area contributed by atoms with Crippen molar-refractivity contribution in [3.63, 3.8) is 0 Å². The van der Waals surface area contributed by atoms with E-state index in [2.05, 4.69) is 5.10 Å². The molecule has 0 saturated heterocycles. The fourth-order valence-corrected chi connectivity index (χ4v) is 1.98. The van der Waals surface area contributed by atoms with Crippen LogP contribution in [0, 0.1) is 19.7 Å². The molecule has 0 amide bonds. The van der Waals surface area contributed by atoms with Gasteiger partial charge in [0, 0.05) is 7.05 Å². The molecular formula is C13H15FN2O. The lowest BCUT2D eigenvalue weighted by molar-refractivity contribution is 0.209. The zero-order chi connectivity index (χ0) is 12.6. The summed E-state index contributed by atoms with van der Waals surface area (Å²) in [5.41, 5.74) is 2.82. The van der Waals surface area contributed by atoms with E-state index in [9.17, 15) is 9.50 Å². The van der Waals surface area contributed by atoms with E-state index in [4.69, 9.17) is 0 Å². The van der Waals surface area contributed by atoms with Crippen molar-refractivity contribution in [3.8, 4) is 0 Å². The third-order valence-electron chi connectivity index (χ3n) is 2.70. The van der Waals surface area contributed by atoms with Crippen LogP contribution in [0.5, 0.6) is 0 Å². The predicted octanol–water partition coefficient (Wildman–Crippen LogP) is 2.26. The highest BCUT2D eigenvalue weighted by molar-refractivity contribution is 5.30. The van der Waals surface area contributed by atoms with Crippen LogP contribution in [0.2, 0.25) is 0 Å². The van der Waals surface area contributed by atoms with E-state index in [1.54, 1.807) is 30.8 Å². The largest absolute Gasteiger partial charge is 0.382 e. The molecule has 1 atom stereocenters. The lowest BCUT2D eigenvalue weighted by Gasteiger charge is -2.12. The number of halogens is 1. The second kappa shape index (κ2) is 4.30. The van der Waals surface area contributed by atoms with Crippen LogP contribution < -0.4 is 0 Å². The van der Waals surface area contributed by atoms with Gasteiger partial charge in [-0.2, -0.15) is 5.10 Å². The van der Waals surface area contributed by atoms with Gasteiger partial charge in [0.1, 0.15) is 11.9 Å². The molecule has 4 heteroatoms. The number of hydrogen-bond acceptors (Lipinski definition) is 2. The van der Waals surface area contributed by atoms with Crippen molar-refractivity contribution in [1.29, 1.82) is 0 Å². The summed E-state index contributed by atoms with van der Waals surface area (Å²) in [5, 5.41) is 14.4. The second-order valence-corrected chi connectivity index (χ2v) is 4.30. The number of aliphatic hydroxyl groups is 1. The highest BCUT2D eigenvalue weighted by Gasteiger charge is 2.16. The number of aryl methyl sites for hydroxylation is 3. The molecule has 0 aliphatic rings. The summed E-state index contributed by atoms with van der Waals surface area (Å²) in [6.45, 7) is 3.65. The number of hydrogen-bond donors (Lipinski definition) is 1. The topological polar surface area (TPSA) is 38.1 Å². The van der Waals surface area contributed by atoms with E-state index in [0.717, 1.165) is 11.3 Å². The Hall–Kier alpha value is -1.68. The van der Waals surface area contributed by atoms with Crippen molar-refractivity contribution >= 4 is 0 Å². The summed E-state index contributed by atoms with van der Waals surface area (Å²) in [5.74, 6) is -0.335. The summed E-state index contributed by atoms with van der Waals surface area (Å²) in [6.07, 6.45) is -0.851. The lowest BCUT2D eigenvalue weighted by atomic mass is 10.0. The van der Waals surface area contributed by atoms with Crippen LogP contribution in [-0.4, -0.2) is 14.9 Å². The quantitative estimate of drug-likeness (QED) is 0.865. The molecule has 0 spiro atoms. The molecule has 0 aliphatic heterocycles. The Morgan fingerprint density at radius 1 is 1.24 bits per heavy atom. The van der Waals surface area contributed by atoms with Crippen LogP contribution in [0.15, 0.2) is 24.3 Å². The molecule has 1 heterocycles. The fraction of sp³-hybridized carbons (Fsp3) is 0.308. The molecule has 2 rings (SSSR count). The van der Waals surface area contributed by atoms with Gasteiger partial charge in [-0.05, 0) is 43.2 Å². The minimum absolute atomic E-state index is 0.335. The van der Waals surface area contributed by atoms with Gasteiger partial charge in [-0.3, -0.25) is 4.68 Å².